The van der Waals surface area contributed by atoms with Crippen LogP contribution in [0.3, 0.4) is 0 Å². The average molecular weight is 391 g/mol. The zero-order valence-corrected chi connectivity index (χ0v) is 15.6. The Balaban J connectivity index is 1.24. The van der Waals surface area contributed by atoms with Crippen molar-refractivity contribution in [3.8, 4) is 0 Å². The number of hydrogen-bond donors (Lipinski definition) is 1. The molecule has 2 bridgehead atoms. The van der Waals surface area contributed by atoms with Gasteiger partial charge in [0.25, 0.3) is 0 Å². The molecule has 4 atom stereocenters. The highest BCUT2D eigenvalue weighted by Gasteiger charge is 2.59. The van der Waals surface area contributed by atoms with Crippen molar-refractivity contribution in [1.82, 2.24) is 10.2 Å². The highest BCUT2D eigenvalue weighted by atomic mass is 35.5. The predicted octanol–water partition coefficient (Wildman–Crippen LogP) is 2.36. The van der Waals surface area contributed by atoms with Crippen LogP contribution in [0.2, 0.25) is 5.02 Å². The summed E-state index contributed by atoms with van der Waals surface area (Å²) in [5.74, 6) is -0.0879. The molecule has 5 nitrogen and oxygen atoms in total. The molecule has 1 heterocycles. The van der Waals surface area contributed by atoms with Gasteiger partial charge in [0.15, 0.2) is 0 Å². The Bertz CT molecular complexity index is 749. The lowest BCUT2D eigenvalue weighted by Crippen LogP contribution is -2.42. The second-order valence-electron chi connectivity index (χ2n) is 6.91. The minimum atomic E-state index is -0.288. The topological polar surface area (TPSA) is 66.5 Å². The van der Waals surface area contributed by atoms with Crippen LogP contribution < -0.4 is 5.32 Å². The molecule has 2 fully saturated rings. The van der Waals surface area contributed by atoms with Gasteiger partial charge in [0.2, 0.25) is 17.7 Å². The lowest BCUT2D eigenvalue weighted by Gasteiger charge is -2.16. The second-order valence-corrected chi connectivity index (χ2v) is 8.52. The first-order valence-electron chi connectivity index (χ1n) is 8.73. The third-order valence-electron chi connectivity index (χ3n) is 5.37. The van der Waals surface area contributed by atoms with Crippen molar-refractivity contribution in [2.45, 2.75) is 11.3 Å². The van der Waals surface area contributed by atoms with Crippen molar-refractivity contribution in [3.63, 3.8) is 0 Å². The van der Waals surface area contributed by atoms with Crippen LogP contribution in [0.15, 0.2) is 41.3 Å². The molecular weight excluding hydrogens is 372 g/mol. The number of amides is 3. The van der Waals surface area contributed by atoms with E-state index in [1.165, 1.54) is 0 Å². The lowest BCUT2D eigenvalue weighted by molar-refractivity contribution is -0.144. The maximum atomic E-state index is 12.5. The number of nitrogens with zero attached hydrogens (tertiary/aromatic N) is 1. The van der Waals surface area contributed by atoms with E-state index in [-0.39, 0.29) is 47.9 Å². The quantitative estimate of drug-likeness (QED) is 0.350. The van der Waals surface area contributed by atoms with Crippen LogP contribution in [0.1, 0.15) is 6.42 Å². The summed E-state index contributed by atoms with van der Waals surface area (Å²) in [6, 6.07) is 7.51. The van der Waals surface area contributed by atoms with E-state index in [2.05, 4.69) is 17.5 Å². The van der Waals surface area contributed by atoms with Crippen LogP contribution >= 0.6 is 23.4 Å². The zero-order chi connectivity index (χ0) is 18.3. The summed E-state index contributed by atoms with van der Waals surface area (Å²) in [6.07, 6.45) is 5.00. The van der Waals surface area contributed by atoms with Gasteiger partial charge < -0.3 is 5.32 Å². The Morgan fingerprint density at radius 2 is 1.73 bits per heavy atom. The smallest absolute Gasteiger partial charge is 0.240 e. The number of imide groups is 1. The Morgan fingerprint density at radius 1 is 1.12 bits per heavy atom. The van der Waals surface area contributed by atoms with Crippen molar-refractivity contribution in [3.05, 3.63) is 41.4 Å². The first-order chi connectivity index (χ1) is 12.5. The predicted molar refractivity (Wildman–Crippen MR) is 99.6 cm³/mol. The first kappa shape index (κ1) is 17.6. The van der Waals surface area contributed by atoms with Crippen LogP contribution in [0.4, 0.5) is 0 Å². The van der Waals surface area contributed by atoms with Gasteiger partial charge in [-0.1, -0.05) is 23.8 Å². The molecular formula is C19H19ClN2O3S. The first-order valence-corrected chi connectivity index (χ1v) is 10.1. The molecule has 26 heavy (non-hydrogen) atoms. The number of hydrogen-bond acceptors (Lipinski definition) is 4. The molecule has 2 aliphatic carbocycles. The molecule has 0 spiro atoms. The molecule has 1 saturated carbocycles. The van der Waals surface area contributed by atoms with Gasteiger partial charge in [0.1, 0.15) is 6.54 Å². The number of carbonyl (C=O) groups excluding carboxylic acids is 3. The van der Waals surface area contributed by atoms with E-state index < -0.39 is 0 Å². The summed E-state index contributed by atoms with van der Waals surface area (Å²) >= 11 is 7.45. The number of benzene rings is 1. The van der Waals surface area contributed by atoms with Crippen LogP contribution in [0, 0.1) is 23.7 Å². The molecule has 4 unspecified atom stereocenters. The van der Waals surface area contributed by atoms with Gasteiger partial charge in [-0.25, -0.2) is 0 Å². The van der Waals surface area contributed by atoms with Crippen molar-refractivity contribution in [2.24, 2.45) is 23.7 Å². The van der Waals surface area contributed by atoms with Crippen molar-refractivity contribution < 1.29 is 14.4 Å². The van der Waals surface area contributed by atoms with Gasteiger partial charge in [0.05, 0.1) is 11.8 Å². The molecule has 1 aromatic rings. The highest BCUT2D eigenvalue weighted by molar-refractivity contribution is 7.99. The fourth-order valence-electron chi connectivity index (χ4n) is 4.21. The highest BCUT2D eigenvalue weighted by Crippen LogP contribution is 2.52. The van der Waals surface area contributed by atoms with Crippen LogP contribution in [-0.2, 0) is 14.4 Å². The molecule has 1 saturated heterocycles. The lowest BCUT2D eigenvalue weighted by atomic mass is 9.85. The van der Waals surface area contributed by atoms with E-state index in [1.54, 1.807) is 11.8 Å². The van der Waals surface area contributed by atoms with Crippen LogP contribution in [0.25, 0.3) is 0 Å². The fourth-order valence-corrected chi connectivity index (χ4v) is 5.10. The largest absolute Gasteiger partial charge is 0.354 e. The molecule has 3 amide bonds. The third kappa shape index (κ3) is 3.16. The number of halogens is 1. The van der Waals surface area contributed by atoms with Crippen LogP contribution in [-0.4, -0.2) is 41.5 Å². The van der Waals surface area contributed by atoms with Crippen molar-refractivity contribution in [2.75, 3.05) is 18.8 Å². The zero-order valence-electron chi connectivity index (χ0n) is 14.1. The van der Waals surface area contributed by atoms with Gasteiger partial charge >= 0.3 is 0 Å². The van der Waals surface area contributed by atoms with Gasteiger partial charge in [-0.3, -0.25) is 19.3 Å². The second kappa shape index (κ2) is 7.08. The fraction of sp³-hybridized carbons (Fsp3) is 0.421. The minimum Gasteiger partial charge on any atom is -0.354 e. The summed E-state index contributed by atoms with van der Waals surface area (Å²) in [5, 5.41) is 3.48. The van der Waals surface area contributed by atoms with Gasteiger partial charge in [-0.15, -0.1) is 11.8 Å². The molecule has 7 heteroatoms. The molecule has 0 aromatic heterocycles. The molecule has 3 aliphatic rings. The van der Waals surface area contributed by atoms with E-state index in [1.807, 2.05) is 24.3 Å². The molecule has 136 valence electrons. The number of carbonyl (C=O) groups is 3. The number of thioether (sulfide) groups is 1. The number of nitrogens with one attached hydrogen (secondary N) is 1. The summed E-state index contributed by atoms with van der Waals surface area (Å²) in [6.45, 7) is 0.303. The molecule has 1 N–H and O–H groups in total. The normalized spacial score (nSPS) is 28.7. The van der Waals surface area contributed by atoms with Crippen molar-refractivity contribution in [1.29, 1.82) is 0 Å². The molecule has 4 rings (SSSR count). The standard InChI is InChI=1S/C19H19ClN2O3S/c20-13-3-5-14(6-4-13)26-8-7-21-15(23)10-22-18(24)16-11-1-2-12(9-11)17(16)19(22)25/h1-6,11-12,16-17H,7-10H2,(H,21,23). The number of likely N-dealkylation sites (tertiary alicyclic amines) is 1. The third-order valence-corrected chi connectivity index (χ3v) is 6.64. The summed E-state index contributed by atoms with van der Waals surface area (Å²) in [4.78, 5) is 39.5. The summed E-state index contributed by atoms with van der Waals surface area (Å²) < 4.78 is 0. The SMILES string of the molecule is O=C(CN1C(=O)C2C3C=CC(C3)C2C1=O)NCCSc1ccc(Cl)cc1. The van der Waals surface area contributed by atoms with E-state index in [9.17, 15) is 14.4 Å². The summed E-state index contributed by atoms with van der Waals surface area (Å²) in [7, 11) is 0. The van der Waals surface area contributed by atoms with E-state index >= 15 is 0 Å². The van der Waals surface area contributed by atoms with Gasteiger partial charge in [0, 0.05) is 22.2 Å². The number of rotatable bonds is 6. The maximum Gasteiger partial charge on any atom is 0.240 e. The monoisotopic (exact) mass is 390 g/mol. The van der Waals surface area contributed by atoms with E-state index in [4.69, 9.17) is 11.6 Å². The van der Waals surface area contributed by atoms with Crippen LogP contribution in [0.5, 0.6) is 0 Å². The Hall–Kier alpha value is -1.79. The average Bonchev–Trinajstić information content (AvgIpc) is 3.30. The molecule has 1 aliphatic heterocycles. The Morgan fingerprint density at radius 3 is 2.35 bits per heavy atom. The van der Waals surface area contributed by atoms with Crippen molar-refractivity contribution >= 4 is 41.1 Å². The molecule has 0 radical (unpaired) electrons. The number of fused-ring (bicyclic) bond motifs is 5. The number of allylic oxidation sites excluding steroid dienone is 2. The maximum absolute atomic E-state index is 12.5. The van der Waals surface area contributed by atoms with E-state index in [0.717, 1.165) is 16.2 Å². The molecule has 1 aromatic carbocycles. The minimum absolute atomic E-state index is 0.171. The van der Waals surface area contributed by atoms with Gasteiger partial charge in [-0.2, -0.15) is 0 Å². The Labute approximate surface area is 161 Å². The summed E-state index contributed by atoms with van der Waals surface area (Å²) in [5.41, 5.74) is 0. The van der Waals surface area contributed by atoms with Gasteiger partial charge in [-0.05, 0) is 42.5 Å². The van der Waals surface area contributed by atoms with E-state index in [0.29, 0.717) is 17.3 Å². The Kier molecular flexibility index (Phi) is 4.80.